The zero-order chi connectivity index (χ0) is 22.9. The molecular formula is C24H22BrO5S2+. The van der Waals surface area contributed by atoms with Crippen LogP contribution in [0.4, 0.5) is 0 Å². The van der Waals surface area contributed by atoms with E-state index < -0.39 is 25.1 Å². The molecule has 0 saturated heterocycles. The Kier molecular flexibility index (Phi) is 6.38. The first-order valence-corrected chi connectivity index (χ1v) is 13.5. The van der Waals surface area contributed by atoms with Crippen LogP contribution in [0, 0.1) is 0 Å². The van der Waals surface area contributed by atoms with E-state index in [0.29, 0.717) is 15.5 Å². The molecule has 0 saturated carbocycles. The van der Waals surface area contributed by atoms with Crippen LogP contribution in [0.5, 0.6) is 5.75 Å². The Labute approximate surface area is 199 Å². The van der Waals surface area contributed by atoms with E-state index in [1.54, 1.807) is 38.1 Å². The summed E-state index contributed by atoms with van der Waals surface area (Å²) in [7, 11) is -4.09. The molecule has 0 atom stereocenters. The summed E-state index contributed by atoms with van der Waals surface area (Å²) in [6, 6.07) is 22.0. The summed E-state index contributed by atoms with van der Waals surface area (Å²) >= 11 is 3.26. The van der Waals surface area contributed by atoms with Gasteiger partial charge in [-0.1, -0.05) is 40.2 Å². The first-order valence-electron chi connectivity index (χ1n) is 9.96. The molecule has 1 heterocycles. The Morgan fingerprint density at radius 2 is 1.41 bits per heavy atom. The maximum atomic E-state index is 13.1. The van der Waals surface area contributed by atoms with Gasteiger partial charge in [0.05, 0.1) is 0 Å². The number of esters is 1. The second-order valence-electron chi connectivity index (χ2n) is 7.63. The van der Waals surface area contributed by atoms with Crippen LogP contribution in [-0.4, -0.2) is 31.9 Å². The standard InChI is InChI=1S/C24H22BrO5S2/c1-24(2,25)23(26)30-16-15-29-17-11-13-18(14-12-17)31-19-7-3-5-9-21(19)32(27,28)22-10-6-4-8-20(22)31/h3-14H,15-16H2,1-2H3/q+1. The van der Waals surface area contributed by atoms with E-state index in [4.69, 9.17) is 9.47 Å². The third kappa shape index (κ3) is 4.44. The van der Waals surface area contributed by atoms with E-state index in [1.807, 2.05) is 48.5 Å². The maximum absolute atomic E-state index is 13.1. The van der Waals surface area contributed by atoms with Gasteiger partial charge in [-0.3, -0.25) is 4.79 Å². The van der Waals surface area contributed by atoms with Crippen molar-refractivity contribution >= 4 is 42.6 Å². The lowest BCUT2D eigenvalue weighted by atomic mass is 10.2. The molecule has 1 aliphatic rings. The van der Waals surface area contributed by atoms with Gasteiger partial charge < -0.3 is 9.47 Å². The minimum Gasteiger partial charge on any atom is -0.490 e. The normalized spacial score (nSPS) is 14.8. The van der Waals surface area contributed by atoms with Crippen molar-refractivity contribution in [3.8, 4) is 5.75 Å². The molecule has 0 N–H and O–H groups in total. The highest BCUT2D eigenvalue weighted by Gasteiger charge is 2.44. The maximum Gasteiger partial charge on any atom is 0.322 e. The van der Waals surface area contributed by atoms with Crippen molar-refractivity contribution in [3.63, 3.8) is 0 Å². The summed E-state index contributed by atoms with van der Waals surface area (Å²) in [5.74, 6) is 0.305. The second-order valence-corrected chi connectivity index (χ2v) is 13.5. The third-order valence-corrected chi connectivity index (χ3v) is 9.63. The highest BCUT2D eigenvalue weighted by atomic mass is 79.9. The van der Waals surface area contributed by atoms with Gasteiger partial charge in [0.25, 0.3) is 0 Å². The topological polar surface area (TPSA) is 69.7 Å². The van der Waals surface area contributed by atoms with Crippen LogP contribution >= 0.6 is 15.9 Å². The monoisotopic (exact) mass is 533 g/mol. The summed E-state index contributed by atoms with van der Waals surface area (Å²) < 4.78 is 36.4. The fourth-order valence-corrected chi connectivity index (χ4v) is 8.12. The van der Waals surface area contributed by atoms with E-state index in [1.165, 1.54) is 0 Å². The van der Waals surface area contributed by atoms with Crippen molar-refractivity contribution in [2.24, 2.45) is 0 Å². The zero-order valence-corrected chi connectivity index (χ0v) is 20.8. The smallest absolute Gasteiger partial charge is 0.322 e. The molecule has 0 aliphatic carbocycles. The molecule has 3 aromatic carbocycles. The van der Waals surface area contributed by atoms with Gasteiger partial charge in [0.1, 0.15) is 44.0 Å². The van der Waals surface area contributed by atoms with E-state index in [0.717, 1.165) is 14.7 Å². The highest BCUT2D eigenvalue weighted by Crippen LogP contribution is 2.44. The number of carbonyl (C=O) groups excluding carboxylic acids is 1. The van der Waals surface area contributed by atoms with Crippen LogP contribution in [0.2, 0.25) is 0 Å². The average Bonchev–Trinajstić information content (AvgIpc) is 2.77. The van der Waals surface area contributed by atoms with Crippen LogP contribution in [0.15, 0.2) is 97.3 Å². The predicted octanol–water partition coefficient (Wildman–Crippen LogP) is 5.02. The molecule has 3 aromatic rings. The number of fused-ring (bicyclic) bond motifs is 2. The van der Waals surface area contributed by atoms with Crippen molar-refractivity contribution in [2.75, 3.05) is 13.2 Å². The number of carbonyl (C=O) groups is 1. The van der Waals surface area contributed by atoms with E-state index in [-0.39, 0.29) is 19.2 Å². The lowest BCUT2D eigenvalue weighted by Crippen LogP contribution is -2.28. The largest absolute Gasteiger partial charge is 0.490 e. The Morgan fingerprint density at radius 1 is 0.875 bits per heavy atom. The number of benzene rings is 3. The Balaban J connectivity index is 1.56. The molecule has 0 spiro atoms. The summed E-state index contributed by atoms with van der Waals surface area (Å²) in [4.78, 5) is 15.1. The molecule has 8 heteroatoms. The fraction of sp³-hybridized carbons (Fsp3) is 0.208. The summed E-state index contributed by atoms with van der Waals surface area (Å²) in [6.45, 7) is 3.84. The SMILES string of the molecule is CC(C)(Br)C(=O)OCCOc1ccc([S+]2c3ccccc3S(=O)(=O)c3ccccc32)cc1. The number of hydrogen-bond acceptors (Lipinski definition) is 5. The molecule has 5 nitrogen and oxygen atoms in total. The Morgan fingerprint density at radius 3 is 1.94 bits per heavy atom. The molecule has 1 aliphatic heterocycles. The van der Waals surface area contributed by atoms with E-state index in [2.05, 4.69) is 15.9 Å². The van der Waals surface area contributed by atoms with Crippen molar-refractivity contribution in [1.29, 1.82) is 0 Å². The van der Waals surface area contributed by atoms with Crippen LogP contribution in [-0.2, 0) is 30.3 Å². The molecule has 0 radical (unpaired) electrons. The number of halogens is 1. The van der Waals surface area contributed by atoms with E-state index in [9.17, 15) is 13.2 Å². The number of alkyl halides is 1. The van der Waals surface area contributed by atoms with Crippen LogP contribution < -0.4 is 4.74 Å². The minimum absolute atomic E-state index is 0.151. The molecule has 0 bridgehead atoms. The van der Waals surface area contributed by atoms with Gasteiger partial charge >= 0.3 is 5.97 Å². The van der Waals surface area contributed by atoms with Gasteiger partial charge in [0.15, 0.2) is 14.7 Å². The minimum atomic E-state index is -3.55. The van der Waals surface area contributed by atoms with Gasteiger partial charge in [0, 0.05) is 0 Å². The van der Waals surface area contributed by atoms with Gasteiger partial charge in [-0.2, -0.15) is 0 Å². The molecule has 166 valence electrons. The summed E-state index contributed by atoms with van der Waals surface area (Å²) in [6.07, 6.45) is 0. The first kappa shape index (κ1) is 22.9. The Bertz CT molecular complexity index is 1190. The lowest BCUT2D eigenvalue weighted by molar-refractivity contribution is -0.146. The molecule has 4 rings (SSSR count). The number of ether oxygens (including phenoxy) is 2. The van der Waals surface area contributed by atoms with E-state index >= 15 is 0 Å². The predicted molar refractivity (Wildman–Crippen MR) is 126 cm³/mol. The van der Waals surface area contributed by atoms with Gasteiger partial charge in [-0.15, -0.1) is 0 Å². The summed E-state index contributed by atoms with van der Waals surface area (Å²) in [5.41, 5.74) is 0. The zero-order valence-electron chi connectivity index (χ0n) is 17.6. The van der Waals surface area contributed by atoms with Gasteiger partial charge in [-0.25, -0.2) is 8.42 Å². The highest BCUT2D eigenvalue weighted by molar-refractivity contribution is 9.10. The van der Waals surface area contributed by atoms with Crippen molar-refractivity contribution in [2.45, 2.75) is 42.6 Å². The Hall–Kier alpha value is -2.29. The van der Waals surface area contributed by atoms with Crippen LogP contribution in [0.1, 0.15) is 13.8 Å². The molecule has 0 aromatic heterocycles. The molecule has 0 unspecified atom stereocenters. The number of rotatable bonds is 6. The molecule has 32 heavy (non-hydrogen) atoms. The molecule has 0 fully saturated rings. The lowest BCUT2D eigenvalue weighted by Gasteiger charge is -2.19. The second kappa shape index (κ2) is 8.92. The molecule has 0 amide bonds. The van der Waals surface area contributed by atoms with Crippen molar-refractivity contribution in [1.82, 2.24) is 0 Å². The quantitative estimate of drug-likeness (QED) is 0.150. The summed E-state index contributed by atoms with van der Waals surface area (Å²) in [5, 5.41) is 0. The number of hydrogen-bond donors (Lipinski definition) is 0. The molecular weight excluding hydrogens is 512 g/mol. The van der Waals surface area contributed by atoms with Crippen LogP contribution in [0.3, 0.4) is 0 Å². The van der Waals surface area contributed by atoms with Gasteiger partial charge in [0.2, 0.25) is 9.84 Å². The fourth-order valence-electron chi connectivity index (χ4n) is 3.31. The van der Waals surface area contributed by atoms with Crippen molar-refractivity contribution < 1.29 is 22.7 Å². The number of sulfone groups is 1. The van der Waals surface area contributed by atoms with Crippen molar-refractivity contribution in [3.05, 3.63) is 72.8 Å². The average molecular weight is 534 g/mol. The third-order valence-electron chi connectivity index (χ3n) is 4.85. The first-order chi connectivity index (χ1) is 15.2. The van der Waals surface area contributed by atoms with Crippen LogP contribution in [0.25, 0.3) is 0 Å². The van der Waals surface area contributed by atoms with Gasteiger partial charge in [-0.05, 0) is 62.4 Å².